The summed E-state index contributed by atoms with van der Waals surface area (Å²) in [5, 5.41) is 8.82. The Morgan fingerprint density at radius 3 is 2.50 bits per heavy atom. The molecule has 0 saturated carbocycles. The highest BCUT2D eigenvalue weighted by atomic mass is 127. The van der Waals surface area contributed by atoms with Crippen LogP contribution in [-0.4, -0.2) is 56.0 Å². The van der Waals surface area contributed by atoms with E-state index in [1.165, 1.54) is 17.7 Å². The summed E-state index contributed by atoms with van der Waals surface area (Å²) in [6.45, 7) is 6.26. The van der Waals surface area contributed by atoms with Crippen molar-refractivity contribution in [2.24, 2.45) is 10.9 Å². The zero-order chi connectivity index (χ0) is 15.7. The van der Waals surface area contributed by atoms with Crippen LogP contribution in [0.1, 0.15) is 33.1 Å². The summed E-state index contributed by atoms with van der Waals surface area (Å²) in [6.07, 6.45) is 3.54. The number of aliphatic imine (C=N–C) groups is 1. The number of urea groups is 1. The number of rotatable bonds is 8. The van der Waals surface area contributed by atoms with E-state index >= 15 is 0 Å². The maximum absolute atomic E-state index is 11.4. The standard InChI is InChI=1S/C14H27N5O2.HI/c1-11(2)6-4-5-7-16-13(15-3)17-8-9-19-12(20)10-18-14(19)21;/h11H,4-10H2,1-3H3,(H,18,21)(H2,15,16,17);1H. The van der Waals surface area contributed by atoms with Gasteiger partial charge in [0.05, 0.1) is 6.54 Å². The molecule has 1 heterocycles. The first kappa shape index (κ1) is 20.9. The van der Waals surface area contributed by atoms with Crippen molar-refractivity contribution in [2.45, 2.75) is 33.1 Å². The average molecular weight is 425 g/mol. The fourth-order valence-corrected chi connectivity index (χ4v) is 2.07. The molecule has 1 saturated heterocycles. The summed E-state index contributed by atoms with van der Waals surface area (Å²) < 4.78 is 0. The molecule has 1 rings (SSSR count). The molecule has 0 spiro atoms. The van der Waals surface area contributed by atoms with Crippen molar-refractivity contribution < 1.29 is 9.59 Å². The molecule has 0 bridgehead atoms. The second kappa shape index (κ2) is 11.5. The molecule has 128 valence electrons. The fraction of sp³-hybridized carbons (Fsp3) is 0.786. The van der Waals surface area contributed by atoms with Crippen molar-refractivity contribution in [3.05, 3.63) is 0 Å². The van der Waals surface area contributed by atoms with E-state index in [1.807, 2.05) is 0 Å². The van der Waals surface area contributed by atoms with Crippen molar-refractivity contribution in [3.8, 4) is 0 Å². The third-order valence-electron chi connectivity index (χ3n) is 3.29. The highest BCUT2D eigenvalue weighted by Crippen LogP contribution is 2.04. The minimum absolute atomic E-state index is 0. The van der Waals surface area contributed by atoms with Gasteiger partial charge < -0.3 is 16.0 Å². The summed E-state index contributed by atoms with van der Waals surface area (Å²) in [6, 6.07) is -0.321. The molecule has 7 nitrogen and oxygen atoms in total. The Labute approximate surface area is 149 Å². The number of carbonyl (C=O) groups is 2. The first-order valence-electron chi connectivity index (χ1n) is 7.57. The van der Waals surface area contributed by atoms with E-state index < -0.39 is 0 Å². The summed E-state index contributed by atoms with van der Waals surface area (Å²) >= 11 is 0. The molecule has 0 aliphatic carbocycles. The Hall–Kier alpha value is -1.06. The van der Waals surface area contributed by atoms with E-state index in [-0.39, 0.29) is 42.5 Å². The molecular weight excluding hydrogens is 397 g/mol. The van der Waals surface area contributed by atoms with Crippen molar-refractivity contribution in [2.75, 3.05) is 33.2 Å². The molecule has 0 radical (unpaired) electrons. The molecule has 1 fully saturated rings. The van der Waals surface area contributed by atoms with Crippen LogP contribution in [0, 0.1) is 5.92 Å². The maximum Gasteiger partial charge on any atom is 0.324 e. The van der Waals surface area contributed by atoms with Crippen LogP contribution in [0.15, 0.2) is 4.99 Å². The van der Waals surface area contributed by atoms with E-state index in [9.17, 15) is 9.59 Å². The van der Waals surface area contributed by atoms with Gasteiger partial charge in [0.1, 0.15) is 0 Å². The summed E-state index contributed by atoms with van der Waals surface area (Å²) in [4.78, 5) is 28.1. The van der Waals surface area contributed by atoms with E-state index in [0.29, 0.717) is 19.0 Å². The van der Waals surface area contributed by atoms with Gasteiger partial charge in [-0.05, 0) is 12.3 Å². The SMILES string of the molecule is CN=C(NCCCCC(C)C)NCCN1C(=O)CNC1=O.I. The molecule has 1 aliphatic heterocycles. The number of halogens is 1. The highest BCUT2D eigenvalue weighted by molar-refractivity contribution is 14.0. The lowest BCUT2D eigenvalue weighted by Crippen LogP contribution is -2.43. The Morgan fingerprint density at radius 1 is 1.27 bits per heavy atom. The van der Waals surface area contributed by atoms with Crippen LogP contribution in [-0.2, 0) is 4.79 Å². The number of nitrogens with one attached hydrogen (secondary N) is 3. The second-order valence-corrected chi connectivity index (χ2v) is 5.52. The molecule has 0 atom stereocenters. The number of guanidine groups is 1. The van der Waals surface area contributed by atoms with E-state index in [0.717, 1.165) is 18.9 Å². The summed E-state index contributed by atoms with van der Waals surface area (Å²) in [7, 11) is 1.71. The van der Waals surface area contributed by atoms with Gasteiger partial charge in [0.15, 0.2) is 5.96 Å². The second-order valence-electron chi connectivity index (χ2n) is 5.52. The molecule has 3 amide bonds. The van der Waals surface area contributed by atoms with Gasteiger partial charge in [-0.3, -0.25) is 14.7 Å². The molecule has 0 aromatic rings. The van der Waals surface area contributed by atoms with Crippen molar-refractivity contribution in [1.29, 1.82) is 0 Å². The molecule has 8 heteroatoms. The lowest BCUT2D eigenvalue weighted by molar-refractivity contribution is -0.124. The zero-order valence-corrected chi connectivity index (χ0v) is 16.0. The number of nitrogens with zero attached hydrogens (tertiary/aromatic N) is 2. The third-order valence-corrected chi connectivity index (χ3v) is 3.29. The molecule has 1 aliphatic rings. The first-order chi connectivity index (χ1) is 10.0. The number of carbonyl (C=O) groups excluding carboxylic acids is 2. The molecular formula is C14H28IN5O2. The van der Waals surface area contributed by atoms with Gasteiger partial charge in [-0.1, -0.05) is 26.7 Å². The maximum atomic E-state index is 11.4. The Kier molecular flexibility index (Phi) is 10.9. The zero-order valence-electron chi connectivity index (χ0n) is 13.6. The van der Waals surface area contributed by atoms with Crippen LogP contribution < -0.4 is 16.0 Å². The van der Waals surface area contributed by atoms with Crippen molar-refractivity contribution in [1.82, 2.24) is 20.9 Å². The smallest absolute Gasteiger partial charge is 0.324 e. The monoisotopic (exact) mass is 425 g/mol. The predicted octanol–water partition coefficient (Wildman–Crippen LogP) is 1.15. The Morgan fingerprint density at radius 2 is 1.95 bits per heavy atom. The van der Waals surface area contributed by atoms with E-state index in [2.05, 4.69) is 34.8 Å². The number of amides is 3. The average Bonchev–Trinajstić information content (AvgIpc) is 2.76. The number of hydrogen-bond donors (Lipinski definition) is 3. The summed E-state index contributed by atoms with van der Waals surface area (Å²) in [5.41, 5.74) is 0. The van der Waals surface area contributed by atoms with Gasteiger partial charge in [-0.25, -0.2) is 4.79 Å². The van der Waals surface area contributed by atoms with Crippen LogP contribution in [0.3, 0.4) is 0 Å². The van der Waals surface area contributed by atoms with Crippen molar-refractivity contribution in [3.63, 3.8) is 0 Å². The van der Waals surface area contributed by atoms with Gasteiger partial charge in [0.25, 0.3) is 0 Å². The quantitative estimate of drug-likeness (QED) is 0.179. The Bertz CT molecular complexity index is 371. The van der Waals surface area contributed by atoms with Gasteiger partial charge in [-0.15, -0.1) is 24.0 Å². The topological polar surface area (TPSA) is 85.8 Å². The van der Waals surface area contributed by atoms with E-state index in [1.54, 1.807) is 7.05 Å². The van der Waals surface area contributed by atoms with E-state index in [4.69, 9.17) is 0 Å². The Balaban J connectivity index is 0.00000441. The number of unbranched alkanes of at least 4 members (excludes halogenated alkanes) is 1. The molecule has 22 heavy (non-hydrogen) atoms. The van der Waals surface area contributed by atoms with Gasteiger partial charge in [0.2, 0.25) is 5.91 Å². The van der Waals surface area contributed by atoms with Crippen LogP contribution >= 0.6 is 24.0 Å². The molecule has 0 aromatic carbocycles. The number of imide groups is 1. The van der Waals surface area contributed by atoms with Gasteiger partial charge >= 0.3 is 6.03 Å². The van der Waals surface area contributed by atoms with Crippen LogP contribution in [0.25, 0.3) is 0 Å². The van der Waals surface area contributed by atoms with Gasteiger partial charge in [-0.2, -0.15) is 0 Å². The predicted molar refractivity (Wildman–Crippen MR) is 98.6 cm³/mol. The normalized spacial score (nSPS) is 14.9. The lowest BCUT2D eigenvalue weighted by Gasteiger charge is -2.15. The lowest BCUT2D eigenvalue weighted by atomic mass is 10.1. The highest BCUT2D eigenvalue weighted by Gasteiger charge is 2.27. The molecule has 3 N–H and O–H groups in total. The van der Waals surface area contributed by atoms with Crippen LogP contribution in [0.4, 0.5) is 4.79 Å². The minimum Gasteiger partial charge on any atom is -0.356 e. The largest absolute Gasteiger partial charge is 0.356 e. The number of hydrogen-bond acceptors (Lipinski definition) is 3. The van der Waals surface area contributed by atoms with Crippen LogP contribution in [0.2, 0.25) is 0 Å². The molecule has 0 aromatic heterocycles. The molecule has 0 unspecified atom stereocenters. The van der Waals surface area contributed by atoms with Crippen LogP contribution in [0.5, 0.6) is 0 Å². The minimum atomic E-state index is -0.321. The first-order valence-corrected chi connectivity index (χ1v) is 7.57. The summed E-state index contributed by atoms with van der Waals surface area (Å²) in [5.74, 6) is 1.26. The third kappa shape index (κ3) is 7.81. The van der Waals surface area contributed by atoms with Gasteiger partial charge in [0, 0.05) is 26.7 Å². The fourth-order valence-electron chi connectivity index (χ4n) is 2.07. The van der Waals surface area contributed by atoms with Crippen molar-refractivity contribution >= 4 is 41.9 Å².